The highest BCUT2D eigenvalue weighted by Crippen LogP contribution is 2.56. The Morgan fingerprint density at radius 3 is 2.44 bits per heavy atom. The number of unbranched alkanes of at least 4 members (excludes halogenated alkanes) is 3. The molecule has 1 aromatic rings. The maximum atomic E-state index is 13.8. The van der Waals surface area contributed by atoms with E-state index >= 15 is 0 Å². The molecule has 3 aliphatic carbocycles. The number of carbonyl (C=O) groups excluding carboxylic acids is 3. The molecule has 0 saturated heterocycles. The second kappa shape index (κ2) is 11.0. The zero-order chi connectivity index (χ0) is 28.8. The number of amides is 1. The van der Waals surface area contributed by atoms with Crippen molar-refractivity contribution in [2.45, 2.75) is 56.3 Å². The lowest BCUT2D eigenvalue weighted by molar-refractivity contribution is -0.162. The number of thioether (sulfide) groups is 1. The van der Waals surface area contributed by atoms with Gasteiger partial charge in [0, 0.05) is 23.2 Å². The van der Waals surface area contributed by atoms with Gasteiger partial charge < -0.3 is 31.3 Å². The summed E-state index contributed by atoms with van der Waals surface area (Å²) in [6, 6.07) is 3.34. The molecule has 3 aliphatic rings. The lowest BCUT2D eigenvalue weighted by Gasteiger charge is -2.53. The van der Waals surface area contributed by atoms with Crippen LogP contribution in [-0.4, -0.2) is 91.3 Å². The van der Waals surface area contributed by atoms with E-state index < -0.39 is 70.1 Å². The number of nitrogens with two attached hydrogens (primary N) is 1. The summed E-state index contributed by atoms with van der Waals surface area (Å²) in [5.41, 5.74) is 1.59. The van der Waals surface area contributed by atoms with E-state index in [-0.39, 0.29) is 16.9 Å². The number of carbonyl (C=O) groups is 3. The molecule has 6 atom stereocenters. The van der Waals surface area contributed by atoms with Gasteiger partial charge in [0.05, 0.1) is 23.6 Å². The van der Waals surface area contributed by atoms with Gasteiger partial charge in [0.25, 0.3) is 5.91 Å². The van der Waals surface area contributed by atoms with Crippen LogP contribution < -0.4 is 5.73 Å². The fourth-order valence-corrected chi connectivity index (χ4v) is 7.66. The number of ketones is 2. The van der Waals surface area contributed by atoms with Crippen LogP contribution in [0.15, 0.2) is 40.9 Å². The lowest BCUT2D eigenvalue weighted by atomic mass is 9.55. The summed E-state index contributed by atoms with van der Waals surface area (Å²) in [5, 5.41) is 56.8. The third kappa shape index (κ3) is 4.45. The number of primary amides is 1. The number of Topliss-reactive ketones (excluding diaryl/α,β-unsaturated/α-hetero) is 2. The monoisotopic (exact) mass is 560 g/mol. The zero-order valence-corrected chi connectivity index (χ0v) is 23.1. The number of benzene rings is 1. The molecule has 0 fully saturated rings. The highest BCUT2D eigenvalue weighted by Gasteiger charge is 2.67. The van der Waals surface area contributed by atoms with E-state index in [0.29, 0.717) is 11.3 Å². The number of phenolic OH excluding ortho intramolecular Hbond substituents is 1. The third-order valence-electron chi connectivity index (χ3n) is 8.24. The van der Waals surface area contributed by atoms with Crippen LogP contribution in [0.4, 0.5) is 0 Å². The lowest BCUT2D eigenvalue weighted by Crippen LogP contribution is -2.68. The van der Waals surface area contributed by atoms with Gasteiger partial charge in [-0.05, 0) is 37.9 Å². The molecule has 1 amide bonds. The largest absolute Gasteiger partial charge is 0.510 e. The van der Waals surface area contributed by atoms with Gasteiger partial charge in [0.15, 0.2) is 11.4 Å². The Kier molecular flexibility index (Phi) is 8.18. The minimum Gasteiger partial charge on any atom is -0.510 e. The topological polar surface area (TPSA) is 182 Å². The minimum atomic E-state index is -2.91. The Morgan fingerprint density at radius 2 is 1.82 bits per heavy atom. The van der Waals surface area contributed by atoms with E-state index in [2.05, 4.69) is 6.92 Å². The van der Waals surface area contributed by atoms with Crippen LogP contribution in [0.3, 0.4) is 0 Å². The first kappa shape index (κ1) is 29.1. The Labute approximate surface area is 231 Å². The number of aliphatic hydroxyl groups is 4. The molecule has 10 nitrogen and oxygen atoms in total. The average Bonchev–Trinajstić information content (AvgIpc) is 2.87. The zero-order valence-electron chi connectivity index (χ0n) is 22.3. The summed E-state index contributed by atoms with van der Waals surface area (Å²) in [6.07, 6.45) is 2.66. The number of nitrogens with zero attached hydrogens (tertiary/aromatic N) is 1. The molecule has 0 saturated carbocycles. The normalized spacial score (nSPS) is 30.4. The van der Waals surface area contributed by atoms with Crippen molar-refractivity contribution >= 4 is 29.2 Å². The van der Waals surface area contributed by atoms with Crippen LogP contribution >= 0.6 is 11.8 Å². The molecular weight excluding hydrogens is 524 g/mol. The first-order valence-corrected chi connectivity index (χ1v) is 14.3. The van der Waals surface area contributed by atoms with Crippen LogP contribution in [-0.2, 0) is 9.59 Å². The minimum absolute atomic E-state index is 0.0675. The smallest absolute Gasteiger partial charge is 0.255 e. The first-order valence-electron chi connectivity index (χ1n) is 13.1. The van der Waals surface area contributed by atoms with Crippen molar-refractivity contribution < 1.29 is 39.9 Å². The van der Waals surface area contributed by atoms with E-state index in [1.54, 1.807) is 23.9 Å². The highest BCUT2D eigenvalue weighted by molar-refractivity contribution is 7.99. The van der Waals surface area contributed by atoms with Crippen LogP contribution in [0.5, 0.6) is 5.75 Å². The van der Waals surface area contributed by atoms with E-state index in [4.69, 9.17) is 5.73 Å². The molecular formula is C28H36N2O8S. The number of likely N-dealkylation sites (N-methyl/N-ethyl adjacent to an activating group) is 1. The summed E-state index contributed by atoms with van der Waals surface area (Å²) in [4.78, 5) is 40.8. The van der Waals surface area contributed by atoms with Gasteiger partial charge in [-0.15, -0.1) is 0 Å². The molecule has 11 heteroatoms. The maximum absolute atomic E-state index is 13.8. The van der Waals surface area contributed by atoms with Gasteiger partial charge in [-0.3, -0.25) is 19.3 Å². The van der Waals surface area contributed by atoms with Crippen molar-refractivity contribution in [3.05, 3.63) is 52.0 Å². The van der Waals surface area contributed by atoms with Crippen LogP contribution in [0, 0.1) is 11.8 Å². The number of aromatic hydroxyl groups is 1. The van der Waals surface area contributed by atoms with Crippen molar-refractivity contribution in [3.8, 4) is 5.75 Å². The Morgan fingerprint density at radius 1 is 1.13 bits per heavy atom. The van der Waals surface area contributed by atoms with Crippen molar-refractivity contribution in [2.24, 2.45) is 17.6 Å². The standard InChI is InChI=1S/C28H36N2O8S/c1-4-5-6-7-11-39-12-14-13-9-8-10-15(31)16(13)22(32)18-17(14)23(33)20-21(30(2)3)24(34)19(27(29)37)26(36)28(20,38)25(18)35/h8-10,14,17,20-21,23,31,33-35,38H,4-7,11-12H2,1-3H3,(H2,29,37)/t14-,17+,20+,21-,23-,28-/m1/s1. The molecule has 4 rings (SSSR count). The molecule has 7 N–H and O–H groups in total. The molecule has 0 unspecified atom stereocenters. The second-order valence-corrected chi connectivity index (χ2v) is 11.9. The number of hydrogen-bond acceptors (Lipinski definition) is 10. The van der Waals surface area contributed by atoms with Crippen LogP contribution in [0.1, 0.15) is 54.4 Å². The van der Waals surface area contributed by atoms with Crippen molar-refractivity contribution in [3.63, 3.8) is 0 Å². The van der Waals surface area contributed by atoms with Gasteiger partial charge in [-0.1, -0.05) is 38.3 Å². The van der Waals surface area contributed by atoms with E-state index in [1.807, 2.05) is 0 Å². The number of rotatable bonds is 9. The maximum Gasteiger partial charge on any atom is 0.255 e. The number of phenols is 1. The average molecular weight is 561 g/mol. The Bertz CT molecular complexity index is 1260. The van der Waals surface area contributed by atoms with Gasteiger partial charge in [0.2, 0.25) is 5.78 Å². The van der Waals surface area contributed by atoms with E-state index in [9.17, 15) is 39.9 Å². The summed E-state index contributed by atoms with van der Waals surface area (Å²) >= 11 is 1.61. The van der Waals surface area contributed by atoms with Crippen LogP contribution in [0.2, 0.25) is 0 Å². The Balaban J connectivity index is 1.90. The van der Waals surface area contributed by atoms with Gasteiger partial charge in [-0.2, -0.15) is 11.8 Å². The summed E-state index contributed by atoms with van der Waals surface area (Å²) in [6.45, 7) is 2.12. The van der Waals surface area contributed by atoms with Crippen LogP contribution in [0.25, 0.3) is 0 Å². The van der Waals surface area contributed by atoms with Gasteiger partial charge in [0.1, 0.15) is 22.8 Å². The van der Waals surface area contributed by atoms with Gasteiger partial charge in [-0.25, -0.2) is 0 Å². The molecule has 0 aliphatic heterocycles. The summed E-state index contributed by atoms with van der Waals surface area (Å²) in [5.74, 6) is -7.48. The Hall–Kier alpha value is -2.86. The quantitative estimate of drug-likeness (QED) is 0.193. The molecule has 212 valence electrons. The molecule has 0 spiro atoms. The fourth-order valence-electron chi connectivity index (χ4n) is 6.44. The highest BCUT2D eigenvalue weighted by atomic mass is 32.2. The van der Waals surface area contributed by atoms with Crippen molar-refractivity contribution in [1.82, 2.24) is 4.90 Å². The molecule has 39 heavy (non-hydrogen) atoms. The number of hydrogen-bond donors (Lipinski definition) is 6. The molecule has 0 bridgehead atoms. The fraction of sp³-hybridized carbons (Fsp3) is 0.536. The van der Waals surface area contributed by atoms with Gasteiger partial charge >= 0.3 is 0 Å². The summed E-state index contributed by atoms with van der Waals surface area (Å²) in [7, 11) is 3.03. The predicted octanol–water partition coefficient (Wildman–Crippen LogP) is 1.95. The second-order valence-electron chi connectivity index (χ2n) is 10.7. The summed E-state index contributed by atoms with van der Waals surface area (Å²) < 4.78 is 0. The van der Waals surface area contributed by atoms with Crippen molar-refractivity contribution in [2.75, 3.05) is 25.6 Å². The van der Waals surface area contributed by atoms with Crippen molar-refractivity contribution in [1.29, 1.82) is 0 Å². The van der Waals surface area contributed by atoms with E-state index in [1.165, 1.54) is 25.1 Å². The molecule has 0 radical (unpaired) electrons. The molecule has 0 heterocycles. The number of aliphatic hydroxyl groups excluding tert-OH is 3. The third-order valence-corrected chi connectivity index (χ3v) is 9.41. The predicted molar refractivity (Wildman–Crippen MR) is 146 cm³/mol. The number of fused-ring (bicyclic) bond motifs is 3. The first-order chi connectivity index (χ1) is 18.4. The molecule has 0 aromatic heterocycles. The SMILES string of the molecule is CCCCCCSC[C@@H]1c2cccc(O)c2C(=O)C2=C(O)[C@@]3(O)C(=O)C(C(N)=O)=C(O)[C@H](N(C)C)[C@H]3[C@H](O)[C@H]21. The molecule has 1 aromatic carbocycles. The van der Waals surface area contributed by atoms with E-state index in [0.717, 1.165) is 31.4 Å².